The Labute approximate surface area is 109 Å². The SMILES string of the molecule is NCCCc1cc(F)cc(Br)c1OC1CCC1. The Hall–Kier alpha value is -0.610. The molecule has 4 heteroatoms. The van der Waals surface area contributed by atoms with E-state index in [1.807, 2.05) is 0 Å². The molecular weight excluding hydrogens is 285 g/mol. The van der Waals surface area contributed by atoms with E-state index in [9.17, 15) is 4.39 Å². The first-order valence-corrected chi connectivity index (χ1v) is 6.84. The van der Waals surface area contributed by atoms with Crippen LogP contribution in [0.4, 0.5) is 4.39 Å². The van der Waals surface area contributed by atoms with Crippen LogP contribution in [-0.2, 0) is 6.42 Å². The summed E-state index contributed by atoms with van der Waals surface area (Å²) >= 11 is 3.38. The third-order valence-corrected chi connectivity index (χ3v) is 3.66. The molecule has 1 saturated carbocycles. The van der Waals surface area contributed by atoms with E-state index in [0.717, 1.165) is 37.0 Å². The molecule has 0 heterocycles. The standard InChI is InChI=1S/C13H17BrFNO/c14-12-8-10(15)7-9(3-2-6-16)13(12)17-11-4-1-5-11/h7-8,11H,1-6,16H2. The number of aryl methyl sites for hydroxylation is 1. The average Bonchev–Trinajstić information content (AvgIpc) is 2.22. The number of rotatable bonds is 5. The van der Waals surface area contributed by atoms with E-state index in [4.69, 9.17) is 10.5 Å². The fourth-order valence-corrected chi connectivity index (χ4v) is 2.45. The van der Waals surface area contributed by atoms with Crippen LogP contribution in [-0.4, -0.2) is 12.6 Å². The lowest BCUT2D eigenvalue weighted by Crippen LogP contribution is -2.25. The number of halogens is 2. The molecule has 0 atom stereocenters. The zero-order valence-electron chi connectivity index (χ0n) is 9.72. The summed E-state index contributed by atoms with van der Waals surface area (Å²) in [6, 6.07) is 3.01. The maximum atomic E-state index is 13.4. The van der Waals surface area contributed by atoms with Crippen molar-refractivity contribution in [2.45, 2.75) is 38.2 Å². The zero-order chi connectivity index (χ0) is 12.3. The summed E-state index contributed by atoms with van der Waals surface area (Å²) in [4.78, 5) is 0. The van der Waals surface area contributed by atoms with Gasteiger partial charge in [0.25, 0.3) is 0 Å². The van der Waals surface area contributed by atoms with E-state index < -0.39 is 0 Å². The molecule has 0 saturated heterocycles. The molecule has 0 bridgehead atoms. The molecule has 0 unspecified atom stereocenters. The van der Waals surface area contributed by atoms with Gasteiger partial charge < -0.3 is 10.5 Å². The van der Waals surface area contributed by atoms with E-state index in [1.165, 1.54) is 12.5 Å². The molecule has 0 amide bonds. The molecule has 0 radical (unpaired) electrons. The van der Waals surface area contributed by atoms with Gasteiger partial charge in [0.15, 0.2) is 0 Å². The van der Waals surface area contributed by atoms with Crippen molar-refractivity contribution in [1.82, 2.24) is 0 Å². The quantitative estimate of drug-likeness (QED) is 0.904. The molecule has 1 fully saturated rings. The highest BCUT2D eigenvalue weighted by Crippen LogP contribution is 2.35. The molecule has 1 aliphatic carbocycles. The Bertz CT molecular complexity index is 393. The minimum absolute atomic E-state index is 0.232. The number of nitrogens with two attached hydrogens (primary N) is 1. The van der Waals surface area contributed by atoms with Crippen LogP contribution >= 0.6 is 15.9 Å². The number of benzene rings is 1. The third-order valence-electron chi connectivity index (χ3n) is 3.07. The second kappa shape index (κ2) is 5.83. The van der Waals surface area contributed by atoms with Crippen molar-refractivity contribution in [3.8, 4) is 5.75 Å². The van der Waals surface area contributed by atoms with Gasteiger partial charge in [0.05, 0.1) is 10.6 Å². The molecule has 0 spiro atoms. The number of hydrogen-bond donors (Lipinski definition) is 1. The van der Waals surface area contributed by atoms with E-state index in [1.54, 1.807) is 6.07 Å². The van der Waals surface area contributed by atoms with Crippen LogP contribution in [0.15, 0.2) is 16.6 Å². The van der Waals surface area contributed by atoms with Crippen LogP contribution in [0, 0.1) is 5.82 Å². The van der Waals surface area contributed by atoms with Crippen LogP contribution < -0.4 is 10.5 Å². The van der Waals surface area contributed by atoms with E-state index >= 15 is 0 Å². The summed E-state index contributed by atoms with van der Waals surface area (Å²) in [6.07, 6.45) is 5.32. The van der Waals surface area contributed by atoms with Crippen molar-refractivity contribution in [2.75, 3.05) is 6.54 Å². The van der Waals surface area contributed by atoms with Gasteiger partial charge in [0.2, 0.25) is 0 Å². The summed E-state index contributed by atoms with van der Waals surface area (Å²) in [5, 5.41) is 0. The van der Waals surface area contributed by atoms with Crippen LogP contribution in [0.1, 0.15) is 31.2 Å². The Morgan fingerprint density at radius 1 is 1.41 bits per heavy atom. The van der Waals surface area contributed by atoms with Gasteiger partial charge in [0.1, 0.15) is 11.6 Å². The summed E-state index contributed by atoms with van der Waals surface area (Å²) in [5.41, 5.74) is 6.41. The second-order valence-corrected chi connectivity index (χ2v) is 5.29. The highest BCUT2D eigenvalue weighted by atomic mass is 79.9. The van der Waals surface area contributed by atoms with Crippen molar-refractivity contribution in [3.63, 3.8) is 0 Å². The van der Waals surface area contributed by atoms with Gasteiger partial charge in [-0.15, -0.1) is 0 Å². The predicted molar refractivity (Wildman–Crippen MR) is 69.7 cm³/mol. The van der Waals surface area contributed by atoms with Gasteiger partial charge in [-0.2, -0.15) is 0 Å². The highest BCUT2D eigenvalue weighted by molar-refractivity contribution is 9.10. The summed E-state index contributed by atoms with van der Waals surface area (Å²) in [5.74, 6) is 0.564. The molecular formula is C13H17BrFNO. The smallest absolute Gasteiger partial charge is 0.137 e. The van der Waals surface area contributed by atoms with Gasteiger partial charge in [0, 0.05) is 0 Å². The van der Waals surface area contributed by atoms with E-state index in [2.05, 4.69) is 15.9 Å². The first-order valence-electron chi connectivity index (χ1n) is 6.05. The summed E-state index contributed by atoms with van der Waals surface area (Å²) in [6.45, 7) is 0.608. The van der Waals surface area contributed by atoms with Crippen molar-refractivity contribution in [2.24, 2.45) is 5.73 Å². The zero-order valence-corrected chi connectivity index (χ0v) is 11.3. The normalized spacial score (nSPS) is 15.7. The van der Waals surface area contributed by atoms with Gasteiger partial charge in [-0.05, 0) is 72.3 Å². The fourth-order valence-electron chi connectivity index (χ4n) is 1.88. The van der Waals surface area contributed by atoms with E-state index in [0.29, 0.717) is 17.1 Å². The first-order chi connectivity index (χ1) is 8.20. The molecule has 94 valence electrons. The molecule has 17 heavy (non-hydrogen) atoms. The minimum Gasteiger partial charge on any atom is -0.489 e. The van der Waals surface area contributed by atoms with Gasteiger partial charge in [-0.1, -0.05) is 0 Å². The Balaban J connectivity index is 2.19. The molecule has 2 N–H and O–H groups in total. The largest absolute Gasteiger partial charge is 0.489 e. The maximum absolute atomic E-state index is 13.4. The van der Waals surface area contributed by atoms with Crippen LogP contribution in [0.3, 0.4) is 0 Å². The third kappa shape index (κ3) is 3.19. The molecule has 1 aliphatic rings. The second-order valence-electron chi connectivity index (χ2n) is 4.44. The van der Waals surface area contributed by atoms with Gasteiger partial charge >= 0.3 is 0 Å². The lowest BCUT2D eigenvalue weighted by molar-refractivity contribution is 0.118. The summed E-state index contributed by atoms with van der Waals surface area (Å²) < 4.78 is 20.0. The van der Waals surface area contributed by atoms with Crippen LogP contribution in [0.2, 0.25) is 0 Å². The van der Waals surface area contributed by atoms with Gasteiger partial charge in [-0.3, -0.25) is 0 Å². The Morgan fingerprint density at radius 3 is 2.76 bits per heavy atom. The van der Waals surface area contributed by atoms with E-state index in [-0.39, 0.29) is 5.82 Å². The average molecular weight is 302 g/mol. The number of ether oxygens (including phenoxy) is 1. The monoisotopic (exact) mass is 301 g/mol. The van der Waals surface area contributed by atoms with Crippen LogP contribution in [0.25, 0.3) is 0 Å². The Morgan fingerprint density at radius 2 is 2.18 bits per heavy atom. The fraction of sp³-hybridized carbons (Fsp3) is 0.538. The Kier molecular flexibility index (Phi) is 4.40. The predicted octanol–water partition coefficient (Wildman–Crippen LogP) is 3.41. The first kappa shape index (κ1) is 12.8. The van der Waals surface area contributed by atoms with Crippen LogP contribution in [0.5, 0.6) is 5.75 Å². The van der Waals surface area contributed by atoms with Crippen molar-refractivity contribution in [1.29, 1.82) is 0 Å². The number of hydrogen-bond acceptors (Lipinski definition) is 2. The summed E-state index contributed by atoms with van der Waals surface area (Å²) in [7, 11) is 0. The molecule has 2 rings (SSSR count). The maximum Gasteiger partial charge on any atom is 0.137 e. The molecule has 2 nitrogen and oxygen atoms in total. The minimum atomic E-state index is -0.232. The molecule has 1 aromatic rings. The van der Waals surface area contributed by atoms with Gasteiger partial charge in [-0.25, -0.2) is 4.39 Å². The van der Waals surface area contributed by atoms with Crippen molar-refractivity contribution >= 4 is 15.9 Å². The lowest BCUT2D eigenvalue weighted by Gasteiger charge is -2.28. The molecule has 1 aromatic carbocycles. The van der Waals surface area contributed by atoms with Crippen molar-refractivity contribution in [3.05, 3.63) is 28.0 Å². The van der Waals surface area contributed by atoms with Crippen molar-refractivity contribution < 1.29 is 9.13 Å². The highest BCUT2D eigenvalue weighted by Gasteiger charge is 2.22. The molecule has 0 aliphatic heterocycles. The topological polar surface area (TPSA) is 35.2 Å². The lowest BCUT2D eigenvalue weighted by atomic mass is 9.96. The molecule has 0 aromatic heterocycles.